The van der Waals surface area contributed by atoms with Crippen LogP contribution in [-0.2, 0) is 9.59 Å². The Morgan fingerprint density at radius 1 is 1.30 bits per heavy atom. The van der Waals surface area contributed by atoms with Crippen molar-refractivity contribution in [2.24, 2.45) is 5.41 Å². The Hall–Kier alpha value is -2.04. The van der Waals surface area contributed by atoms with Crippen molar-refractivity contribution in [3.05, 3.63) is 30.3 Å². The van der Waals surface area contributed by atoms with Gasteiger partial charge in [0.25, 0.3) is 5.91 Å². The zero-order chi connectivity index (χ0) is 15.2. The zero-order valence-corrected chi connectivity index (χ0v) is 12.1. The van der Waals surface area contributed by atoms with Crippen LogP contribution in [0.25, 0.3) is 0 Å². The second-order valence-electron chi connectivity index (χ2n) is 5.30. The second-order valence-corrected chi connectivity index (χ2v) is 5.30. The van der Waals surface area contributed by atoms with E-state index in [-0.39, 0.29) is 5.91 Å². The van der Waals surface area contributed by atoms with E-state index in [0.29, 0.717) is 18.7 Å². The largest absolute Gasteiger partial charge is 0.481 e. The smallest absolute Gasteiger partial charge is 0.309 e. The highest BCUT2D eigenvalue weighted by Crippen LogP contribution is 2.19. The number of para-hydroxylation sites is 1. The molecule has 0 aliphatic heterocycles. The molecule has 0 aromatic heterocycles. The summed E-state index contributed by atoms with van der Waals surface area (Å²) in [5.41, 5.74) is -0.850. The van der Waals surface area contributed by atoms with Crippen LogP contribution in [-0.4, -0.2) is 29.6 Å². The van der Waals surface area contributed by atoms with E-state index in [1.807, 2.05) is 18.2 Å². The van der Waals surface area contributed by atoms with Crippen molar-refractivity contribution in [1.29, 1.82) is 0 Å². The molecule has 0 spiro atoms. The molecule has 0 saturated carbocycles. The van der Waals surface area contributed by atoms with Crippen molar-refractivity contribution in [3.8, 4) is 5.75 Å². The summed E-state index contributed by atoms with van der Waals surface area (Å²) in [4.78, 5) is 22.8. The highest BCUT2D eigenvalue weighted by atomic mass is 16.5. The summed E-state index contributed by atoms with van der Waals surface area (Å²) in [6, 6.07) is 9.07. The molecular formula is C15H21NO4. The Kier molecular flexibility index (Phi) is 5.55. The van der Waals surface area contributed by atoms with Gasteiger partial charge in [0.15, 0.2) is 6.10 Å². The Bertz CT molecular complexity index is 456. The first-order valence-electron chi connectivity index (χ1n) is 6.56. The lowest BCUT2D eigenvalue weighted by molar-refractivity contribution is -0.147. The molecular weight excluding hydrogens is 258 g/mol. The Morgan fingerprint density at radius 3 is 2.45 bits per heavy atom. The van der Waals surface area contributed by atoms with Crippen LogP contribution in [0.3, 0.4) is 0 Å². The maximum absolute atomic E-state index is 11.8. The molecule has 1 atom stereocenters. The van der Waals surface area contributed by atoms with Gasteiger partial charge in [-0.05, 0) is 39.3 Å². The highest BCUT2D eigenvalue weighted by molar-refractivity contribution is 5.80. The highest BCUT2D eigenvalue weighted by Gasteiger charge is 2.27. The van der Waals surface area contributed by atoms with Gasteiger partial charge in [0, 0.05) is 6.54 Å². The van der Waals surface area contributed by atoms with Gasteiger partial charge in [-0.15, -0.1) is 0 Å². The monoisotopic (exact) mass is 279 g/mol. The normalized spacial score (nSPS) is 12.6. The molecule has 5 heteroatoms. The van der Waals surface area contributed by atoms with Gasteiger partial charge in [-0.25, -0.2) is 0 Å². The molecule has 0 aliphatic rings. The van der Waals surface area contributed by atoms with Crippen molar-refractivity contribution >= 4 is 11.9 Å². The molecule has 20 heavy (non-hydrogen) atoms. The Balaban J connectivity index is 2.38. The van der Waals surface area contributed by atoms with E-state index in [9.17, 15) is 9.59 Å². The summed E-state index contributed by atoms with van der Waals surface area (Å²) in [7, 11) is 0. The van der Waals surface area contributed by atoms with E-state index < -0.39 is 17.5 Å². The fourth-order valence-corrected chi connectivity index (χ4v) is 1.51. The molecule has 110 valence electrons. The number of hydrogen-bond donors (Lipinski definition) is 2. The van der Waals surface area contributed by atoms with Crippen LogP contribution in [0.2, 0.25) is 0 Å². The molecule has 1 unspecified atom stereocenters. The SMILES string of the molecule is CC(Oc1ccccc1)C(=O)NCCC(C)(C)C(=O)O. The zero-order valence-electron chi connectivity index (χ0n) is 12.1. The Morgan fingerprint density at radius 2 is 1.90 bits per heavy atom. The van der Waals surface area contributed by atoms with Crippen LogP contribution in [0.15, 0.2) is 30.3 Å². The van der Waals surface area contributed by atoms with Crippen LogP contribution >= 0.6 is 0 Å². The van der Waals surface area contributed by atoms with Crippen LogP contribution in [0.5, 0.6) is 5.75 Å². The first kappa shape index (κ1) is 16.0. The van der Waals surface area contributed by atoms with Crippen LogP contribution < -0.4 is 10.1 Å². The average molecular weight is 279 g/mol. The fraction of sp³-hybridized carbons (Fsp3) is 0.467. The number of hydrogen-bond acceptors (Lipinski definition) is 3. The van der Waals surface area contributed by atoms with Crippen LogP contribution in [0.4, 0.5) is 0 Å². The standard InChI is InChI=1S/C15H21NO4/c1-11(20-12-7-5-4-6-8-12)13(17)16-10-9-15(2,3)14(18)19/h4-8,11H,9-10H2,1-3H3,(H,16,17)(H,18,19). The van der Waals surface area contributed by atoms with Crippen LogP contribution in [0, 0.1) is 5.41 Å². The number of benzene rings is 1. The number of carboxylic acid groups (broad SMARTS) is 1. The molecule has 1 rings (SSSR count). The lowest BCUT2D eigenvalue weighted by Gasteiger charge is -2.20. The number of aliphatic carboxylic acids is 1. The fourth-order valence-electron chi connectivity index (χ4n) is 1.51. The van der Waals surface area contributed by atoms with E-state index in [1.165, 1.54) is 0 Å². The van der Waals surface area contributed by atoms with E-state index in [0.717, 1.165) is 0 Å². The van der Waals surface area contributed by atoms with Gasteiger partial charge in [-0.1, -0.05) is 18.2 Å². The minimum atomic E-state index is -0.875. The molecule has 2 N–H and O–H groups in total. The van der Waals surface area contributed by atoms with Crippen molar-refractivity contribution in [1.82, 2.24) is 5.32 Å². The third-order valence-electron chi connectivity index (χ3n) is 3.05. The molecule has 5 nitrogen and oxygen atoms in total. The lowest BCUT2D eigenvalue weighted by Crippen LogP contribution is -2.39. The molecule has 0 heterocycles. The number of amides is 1. The maximum atomic E-state index is 11.8. The summed E-state index contributed by atoms with van der Waals surface area (Å²) < 4.78 is 5.48. The molecule has 0 saturated heterocycles. The molecule has 0 aliphatic carbocycles. The summed E-state index contributed by atoms with van der Waals surface area (Å²) in [6.45, 7) is 5.22. The van der Waals surface area contributed by atoms with Gasteiger partial charge in [0.2, 0.25) is 0 Å². The second kappa shape index (κ2) is 6.93. The predicted octanol–water partition coefficient (Wildman–Crippen LogP) is 2.07. The van der Waals surface area contributed by atoms with E-state index in [2.05, 4.69) is 5.32 Å². The summed E-state index contributed by atoms with van der Waals surface area (Å²) in [5, 5.41) is 11.7. The molecule has 1 amide bonds. The summed E-state index contributed by atoms with van der Waals surface area (Å²) in [5.74, 6) is -0.503. The van der Waals surface area contributed by atoms with Crippen molar-refractivity contribution in [2.45, 2.75) is 33.3 Å². The molecule has 0 bridgehead atoms. The first-order valence-corrected chi connectivity index (χ1v) is 6.56. The Labute approximate surface area is 118 Å². The van der Waals surface area contributed by atoms with Gasteiger partial charge in [-0.3, -0.25) is 9.59 Å². The number of carboxylic acids is 1. The quantitative estimate of drug-likeness (QED) is 0.801. The number of carbonyl (C=O) groups excluding carboxylic acids is 1. The van der Waals surface area contributed by atoms with Gasteiger partial charge in [0.05, 0.1) is 5.41 Å². The molecule has 1 aromatic carbocycles. The molecule has 0 radical (unpaired) electrons. The number of ether oxygens (including phenoxy) is 1. The molecule has 0 fully saturated rings. The minimum Gasteiger partial charge on any atom is -0.481 e. The number of carbonyl (C=O) groups is 2. The van der Waals surface area contributed by atoms with E-state index in [4.69, 9.17) is 9.84 Å². The third-order valence-corrected chi connectivity index (χ3v) is 3.05. The average Bonchev–Trinajstić information content (AvgIpc) is 2.39. The van der Waals surface area contributed by atoms with Gasteiger partial charge in [-0.2, -0.15) is 0 Å². The predicted molar refractivity (Wildman–Crippen MR) is 75.6 cm³/mol. The topological polar surface area (TPSA) is 75.6 Å². The van der Waals surface area contributed by atoms with Crippen LogP contribution in [0.1, 0.15) is 27.2 Å². The van der Waals surface area contributed by atoms with Gasteiger partial charge in [0.1, 0.15) is 5.75 Å². The minimum absolute atomic E-state index is 0.255. The van der Waals surface area contributed by atoms with Crippen molar-refractivity contribution in [2.75, 3.05) is 6.54 Å². The first-order chi connectivity index (χ1) is 9.33. The van der Waals surface area contributed by atoms with E-state index in [1.54, 1.807) is 32.9 Å². The maximum Gasteiger partial charge on any atom is 0.309 e. The van der Waals surface area contributed by atoms with Gasteiger partial charge >= 0.3 is 5.97 Å². The van der Waals surface area contributed by atoms with E-state index >= 15 is 0 Å². The van der Waals surface area contributed by atoms with Crippen molar-refractivity contribution in [3.63, 3.8) is 0 Å². The summed E-state index contributed by atoms with van der Waals surface area (Å²) >= 11 is 0. The lowest BCUT2D eigenvalue weighted by atomic mass is 9.90. The third kappa shape index (κ3) is 4.91. The number of rotatable bonds is 7. The number of nitrogens with one attached hydrogen (secondary N) is 1. The molecule has 1 aromatic rings. The van der Waals surface area contributed by atoms with Crippen molar-refractivity contribution < 1.29 is 19.4 Å². The summed E-state index contributed by atoms with van der Waals surface area (Å²) in [6.07, 6.45) is -0.253. The van der Waals surface area contributed by atoms with Gasteiger partial charge < -0.3 is 15.2 Å².